The minimum atomic E-state index is -0.0237. The van der Waals surface area contributed by atoms with E-state index in [9.17, 15) is 4.79 Å². The van der Waals surface area contributed by atoms with Gasteiger partial charge in [-0.1, -0.05) is 23.7 Å². The summed E-state index contributed by atoms with van der Waals surface area (Å²) in [6.07, 6.45) is 0. The van der Waals surface area contributed by atoms with Crippen molar-refractivity contribution in [3.05, 3.63) is 46.6 Å². The maximum absolute atomic E-state index is 12.6. The standard InChI is InChI=1S/C18H22ClN5O/c1-13-12-16(22(2)3)21-18(20-13)24-10-8-23(9-11-24)17(25)14-6-4-5-7-15(14)19/h4-7,12H,8-11H2,1-3H3. The van der Waals surface area contributed by atoms with Crippen LogP contribution >= 0.6 is 11.6 Å². The summed E-state index contributed by atoms with van der Waals surface area (Å²) >= 11 is 6.14. The second-order valence-electron chi connectivity index (χ2n) is 6.32. The van der Waals surface area contributed by atoms with Crippen LogP contribution in [0.2, 0.25) is 5.02 Å². The molecule has 3 rings (SSSR count). The summed E-state index contributed by atoms with van der Waals surface area (Å²) < 4.78 is 0. The molecule has 2 heterocycles. The van der Waals surface area contributed by atoms with Crippen LogP contribution in [0, 0.1) is 6.92 Å². The lowest BCUT2D eigenvalue weighted by Crippen LogP contribution is -2.49. The molecular formula is C18H22ClN5O. The summed E-state index contributed by atoms with van der Waals surface area (Å²) in [5.41, 5.74) is 1.49. The number of benzene rings is 1. The normalized spacial score (nSPS) is 14.6. The number of aromatic nitrogens is 2. The fourth-order valence-corrected chi connectivity index (χ4v) is 3.04. The first-order chi connectivity index (χ1) is 12.0. The molecule has 132 valence electrons. The summed E-state index contributed by atoms with van der Waals surface area (Å²) in [5.74, 6) is 1.58. The van der Waals surface area contributed by atoms with E-state index in [0.717, 1.165) is 11.5 Å². The molecule has 25 heavy (non-hydrogen) atoms. The lowest BCUT2D eigenvalue weighted by Gasteiger charge is -2.35. The lowest BCUT2D eigenvalue weighted by atomic mass is 10.2. The van der Waals surface area contributed by atoms with Gasteiger partial charge in [-0.25, -0.2) is 4.98 Å². The van der Waals surface area contributed by atoms with Crippen molar-refractivity contribution in [3.8, 4) is 0 Å². The molecule has 0 N–H and O–H groups in total. The van der Waals surface area contributed by atoms with Crippen LogP contribution in [0.25, 0.3) is 0 Å². The molecule has 1 aliphatic heterocycles. The number of nitrogens with zero attached hydrogens (tertiary/aromatic N) is 5. The van der Waals surface area contributed by atoms with Crippen LogP contribution in [-0.4, -0.2) is 61.0 Å². The highest BCUT2D eigenvalue weighted by Crippen LogP contribution is 2.20. The summed E-state index contributed by atoms with van der Waals surface area (Å²) in [4.78, 5) is 27.7. The Kier molecular flexibility index (Phi) is 5.08. The molecule has 1 aromatic heterocycles. The highest BCUT2D eigenvalue weighted by atomic mass is 35.5. The topological polar surface area (TPSA) is 52.6 Å². The summed E-state index contributed by atoms with van der Waals surface area (Å²) in [5, 5.41) is 0.493. The Balaban J connectivity index is 1.70. The van der Waals surface area contributed by atoms with E-state index in [2.05, 4.69) is 14.9 Å². The maximum atomic E-state index is 12.6. The zero-order valence-electron chi connectivity index (χ0n) is 14.7. The minimum absolute atomic E-state index is 0.0237. The quantitative estimate of drug-likeness (QED) is 0.842. The molecule has 0 radical (unpaired) electrons. The molecule has 0 atom stereocenters. The van der Waals surface area contributed by atoms with Gasteiger partial charge in [0.1, 0.15) is 5.82 Å². The van der Waals surface area contributed by atoms with E-state index < -0.39 is 0 Å². The van der Waals surface area contributed by atoms with Gasteiger partial charge in [-0.2, -0.15) is 4.98 Å². The fourth-order valence-electron chi connectivity index (χ4n) is 2.82. The van der Waals surface area contributed by atoms with E-state index in [0.29, 0.717) is 42.7 Å². The number of hydrogen-bond donors (Lipinski definition) is 0. The molecule has 0 aliphatic carbocycles. The Morgan fingerprint density at radius 3 is 2.44 bits per heavy atom. The first-order valence-corrected chi connectivity index (χ1v) is 8.65. The molecule has 0 saturated carbocycles. The lowest BCUT2D eigenvalue weighted by molar-refractivity contribution is 0.0746. The predicted octanol–water partition coefficient (Wildman–Crippen LogP) is 2.47. The van der Waals surface area contributed by atoms with Crippen LogP contribution < -0.4 is 9.80 Å². The van der Waals surface area contributed by atoms with E-state index in [1.54, 1.807) is 12.1 Å². The van der Waals surface area contributed by atoms with Crippen molar-refractivity contribution in [1.82, 2.24) is 14.9 Å². The average Bonchev–Trinajstić information content (AvgIpc) is 2.61. The Morgan fingerprint density at radius 2 is 1.80 bits per heavy atom. The van der Waals surface area contributed by atoms with Gasteiger partial charge in [0.15, 0.2) is 0 Å². The largest absolute Gasteiger partial charge is 0.363 e. The van der Waals surface area contributed by atoms with Gasteiger partial charge in [-0.3, -0.25) is 4.79 Å². The number of halogens is 1. The van der Waals surface area contributed by atoms with Gasteiger partial charge in [0.25, 0.3) is 5.91 Å². The van der Waals surface area contributed by atoms with Crippen molar-refractivity contribution in [2.45, 2.75) is 6.92 Å². The third kappa shape index (κ3) is 3.85. The second kappa shape index (κ2) is 7.27. The van der Waals surface area contributed by atoms with Gasteiger partial charge >= 0.3 is 0 Å². The van der Waals surface area contributed by atoms with Crippen molar-refractivity contribution in [3.63, 3.8) is 0 Å². The van der Waals surface area contributed by atoms with Crippen molar-refractivity contribution < 1.29 is 4.79 Å². The zero-order chi connectivity index (χ0) is 18.0. The summed E-state index contributed by atoms with van der Waals surface area (Å²) in [7, 11) is 3.93. The molecular weight excluding hydrogens is 338 g/mol. The number of carbonyl (C=O) groups excluding carboxylic acids is 1. The molecule has 0 unspecified atom stereocenters. The number of aryl methyl sites for hydroxylation is 1. The highest BCUT2D eigenvalue weighted by Gasteiger charge is 2.25. The molecule has 1 fully saturated rings. The number of carbonyl (C=O) groups is 1. The van der Waals surface area contributed by atoms with Crippen LogP contribution in [0.3, 0.4) is 0 Å². The molecule has 2 aromatic rings. The first-order valence-electron chi connectivity index (χ1n) is 8.27. The number of hydrogen-bond acceptors (Lipinski definition) is 5. The van der Waals surface area contributed by atoms with Gasteiger partial charge < -0.3 is 14.7 Å². The SMILES string of the molecule is Cc1cc(N(C)C)nc(N2CCN(C(=O)c3ccccc3Cl)CC2)n1. The van der Waals surface area contributed by atoms with Crippen LogP contribution in [0.15, 0.2) is 30.3 Å². The van der Waals surface area contributed by atoms with Gasteiger partial charge in [-0.15, -0.1) is 0 Å². The molecule has 0 spiro atoms. The zero-order valence-corrected chi connectivity index (χ0v) is 15.5. The van der Waals surface area contributed by atoms with E-state index in [-0.39, 0.29) is 5.91 Å². The van der Waals surface area contributed by atoms with Crippen molar-refractivity contribution in [2.24, 2.45) is 0 Å². The van der Waals surface area contributed by atoms with E-state index in [1.165, 1.54) is 0 Å². The average molecular weight is 360 g/mol. The number of piperazine rings is 1. The first kappa shape index (κ1) is 17.5. The molecule has 1 aliphatic rings. The van der Waals surface area contributed by atoms with Crippen LogP contribution in [-0.2, 0) is 0 Å². The van der Waals surface area contributed by atoms with E-state index in [4.69, 9.17) is 11.6 Å². The van der Waals surface area contributed by atoms with Crippen LogP contribution in [0.5, 0.6) is 0 Å². The van der Waals surface area contributed by atoms with Gasteiger partial charge in [-0.05, 0) is 19.1 Å². The molecule has 6 nitrogen and oxygen atoms in total. The second-order valence-corrected chi connectivity index (χ2v) is 6.73. The van der Waals surface area contributed by atoms with Crippen molar-refractivity contribution >= 4 is 29.3 Å². The van der Waals surface area contributed by atoms with E-state index in [1.807, 2.05) is 49.0 Å². The predicted molar refractivity (Wildman–Crippen MR) is 101 cm³/mol. The number of rotatable bonds is 3. The molecule has 1 saturated heterocycles. The molecule has 0 bridgehead atoms. The smallest absolute Gasteiger partial charge is 0.255 e. The van der Waals surface area contributed by atoms with E-state index >= 15 is 0 Å². The van der Waals surface area contributed by atoms with Crippen LogP contribution in [0.1, 0.15) is 16.1 Å². The van der Waals surface area contributed by atoms with Gasteiger partial charge in [0.05, 0.1) is 10.6 Å². The van der Waals surface area contributed by atoms with Gasteiger partial charge in [0, 0.05) is 52.0 Å². The minimum Gasteiger partial charge on any atom is -0.363 e. The van der Waals surface area contributed by atoms with Crippen LogP contribution in [0.4, 0.5) is 11.8 Å². The Labute approximate surface area is 153 Å². The maximum Gasteiger partial charge on any atom is 0.255 e. The monoisotopic (exact) mass is 359 g/mol. The Morgan fingerprint density at radius 1 is 1.12 bits per heavy atom. The summed E-state index contributed by atoms with van der Waals surface area (Å²) in [6.45, 7) is 4.62. The molecule has 1 aromatic carbocycles. The van der Waals surface area contributed by atoms with Gasteiger partial charge in [0.2, 0.25) is 5.95 Å². The van der Waals surface area contributed by atoms with Crippen molar-refractivity contribution in [1.29, 1.82) is 0 Å². The van der Waals surface area contributed by atoms with Crippen molar-refractivity contribution in [2.75, 3.05) is 50.1 Å². The Bertz CT molecular complexity index is 772. The fraction of sp³-hybridized carbons (Fsp3) is 0.389. The third-order valence-corrected chi connectivity index (χ3v) is 4.57. The highest BCUT2D eigenvalue weighted by molar-refractivity contribution is 6.33. The number of anilines is 2. The molecule has 1 amide bonds. The Hall–Kier alpha value is -2.34. The number of amides is 1. The third-order valence-electron chi connectivity index (χ3n) is 4.24. The summed E-state index contributed by atoms with van der Waals surface area (Å²) in [6, 6.07) is 9.13. The molecule has 7 heteroatoms.